The smallest absolute Gasteiger partial charge is 0.248 e. The molecule has 7 heteroatoms. The fourth-order valence-electron chi connectivity index (χ4n) is 3.83. The van der Waals surface area contributed by atoms with Crippen LogP contribution in [0.5, 0.6) is 11.5 Å². The number of nitrogens with one attached hydrogen (secondary N) is 1. The van der Waals surface area contributed by atoms with E-state index in [1.54, 1.807) is 13.2 Å². The van der Waals surface area contributed by atoms with Crippen LogP contribution < -0.4 is 14.8 Å². The largest absolute Gasteiger partial charge is 0.496 e. The van der Waals surface area contributed by atoms with Crippen LogP contribution in [0.1, 0.15) is 28.1 Å². The van der Waals surface area contributed by atoms with E-state index in [0.29, 0.717) is 13.2 Å². The van der Waals surface area contributed by atoms with E-state index in [9.17, 15) is 4.79 Å². The summed E-state index contributed by atoms with van der Waals surface area (Å²) >= 11 is 3.43. The molecule has 4 rings (SSSR count). The molecule has 0 aliphatic rings. The third-order valence-electron chi connectivity index (χ3n) is 5.74. The summed E-state index contributed by atoms with van der Waals surface area (Å²) in [5, 5.41) is 7.59. The Bertz CT molecular complexity index is 1360. The molecule has 0 saturated carbocycles. The third-order valence-corrected chi connectivity index (χ3v) is 6.27. The highest BCUT2D eigenvalue weighted by atomic mass is 79.9. The number of carbonyl (C=O) groups excluding carboxylic acids is 1. The number of benzene rings is 3. The third kappa shape index (κ3) is 6.43. The number of ether oxygens (including phenoxy) is 2. The van der Waals surface area contributed by atoms with Gasteiger partial charge in [0, 0.05) is 16.1 Å². The number of nitrogens with zero attached hydrogens (tertiary/aromatic N) is 2. The van der Waals surface area contributed by atoms with Crippen LogP contribution in [0.15, 0.2) is 83.3 Å². The summed E-state index contributed by atoms with van der Waals surface area (Å²) in [7, 11) is 1.63. The average molecular weight is 546 g/mol. The highest BCUT2D eigenvalue weighted by molar-refractivity contribution is 9.10. The van der Waals surface area contributed by atoms with Gasteiger partial charge in [-0.3, -0.25) is 9.48 Å². The van der Waals surface area contributed by atoms with E-state index in [0.717, 1.165) is 49.7 Å². The predicted molar refractivity (Wildman–Crippen MR) is 146 cm³/mol. The lowest BCUT2D eigenvalue weighted by Gasteiger charge is -2.11. The van der Waals surface area contributed by atoms with Gasteiger partial charge in [0.25, 0.3) is 0 Å². The van der Waals surface area contributed by atoms with Crippen molar-refractivity contribution in [2.24, 2.45) is 0 Å². The van der Waals surface area contributed by atoms with Gasteiger partial charge in [-0.25, -0.2) is 0 Å². The Labute approximate surface area is 219 Å². The Morgan fingerprint density at radius 2 is 1.81 bits per heavy atom. The SMILES string of the molecule is COc1ccc(/C=C\C(=O)Nc2c(C)nn(Cc3ccccc3)c2C)cc1COc1ccc(Br)cc1. The fraction of sp³-hybridized carbons (Fsp3) is 0.172. The number of rotatable bonds is 9. The van der Waals surface area contributed by atoms with E-state index in [-0.39, 0.29) is 5.91 Å². The first-order valence-electron chi connectivity index (χ1n) is 11.5. The monoisotopic (exact) mass is 545 g/mol. The fourth-order valence-corrected chi connectivity index (χ4v) is 4.10. The van der Waals surface area contributed by atoms with Gasteiger partial charge in [-0.1, -0.05) is 52.3 Å². The number of methoxy groups -OCH3 is 1. The second kappa shape index (κ2) is 11.7. The molecule has 1 N–H and O–H groups in total. The van der Waals surface area contributed by atoms with Gasteiger partial charge in [-0.2, -0.15) is 5.10 Å². The Kier molecular flexibility index (Phi) is 8.23. The number of aromatic nitrogens is 2. The molecule has 36 heavy (non-hydrogen) atoms. The Balaban J connectivity index is 1.43. The Morgan fingerprint density at radius 1 is 1.06 bits per heavy atom. The standard InChI is InChI=1S/C29H28BrN3O3/c1-20-29(21(2)33(32-20)18-23-7-5-4-6-8-23)31-28(34)16-10-22-9-15-27(35-3)24(17-22)19-36-26-13-11-25(30)12-14-26/h4-17H,18-19H2,1-3H3,(H,31,34)/b16-10-. The minimum atomic E-state index is -0.219. The lowest BCUT2D eigenvalue weighted by Crippen LogP contribution is -2.10. The Hall–Kier alpha value is -3.84. The van der Waals surface area contributed by atoms with Gasteiger partial charge in [0.1, 0.15) is 18.1 Å². The summed E-state index contributed by atoms with van der Waals surface area (Å²) in [6.45, 7) is 4.85. The zero-order valence-corrected chi connectivity index (χ0v) is 22.1. The minimum absolute atomic E-state index is 0.219. The van der Waals surface area contributed by atoms with Crippen molar-refractivity contribution >= 4 is 33.6 Å². The van der Waals surface area contributed by atoms with Crippen LogP contribution in [0.3, 0.4) is 0 Å². The van der Waals surface area contributed by atoms with Crippen LogP contribution in [-0.4, -0.2) is 22.8 Å². The number of carbonyl (C=O) groups is 1. The predicted octanol–water partition coefficient (Wildman–Crippen LogP) is 6.55. The molecule has 0 unspecified atom stereocenters. The number of aryl methyl sites for hydroxylation is 1. The van der Waals surface area contributed by atoms with Crippen LogP contribution >= 0.6 is 15.9 Å². The highest BCUT2D eigenvalue weighted by Crippen LogP contribution is 2.24. The molecule has 0 radical (unpaired) electrons. The first kappa shape index (κ1) is 25.3. The van der Waals surface area contributed by atoms with E-state index in [1.165, 1.54) is 6.08 Å². The molecule has 1 amide bonds. The first-order chi connectivity index (χ1) is 17.4. The number of anilines is 1. The molecule has 4 aromatic rings. The summed E-state index contributed by atoms with van der Waals surface area (Å²) in [5.41, 5.74) is 5.33. The van der Waals surface area contributed by atoms with Crippen molar-refractivity contribution in [3.05, 3.63) is 111 Å². The van der Waals surface area contributed by atoms with E-state index >= 15 is 0 Å². The number of hydrogen-bond acceptors (Lipinski definition) is 4. The zero-order valence-electron chi connectivity index (χ0n) is 20.5. The van der Waals surface area contributed by atoms with Crippen molar-refractivity contribution in [1.82, 2.24) is 9.78 Å². The van der Waals surface area contributed by atoms with Gasteiger partial charge in [0.05, 0.1) is 30.7 Å². The summed E-state index contributed by atoms with van der Waals surface area (Å²) in [4.78, 5) is 12.7. The maximum atomic E-state index is 12.7. The minimum Gasteiger partial charge on any atom is -0.496 e. The molecular weight excluding hydrogens is 518 g/mol. The van der Waals surface area contributed by atoms with E-state index in [4.69, 9.17) is 9.47 Å². The molecule has 0 saturated heterocycles. The molecule has 184 valence electrons. The maximum Gasteiger partial charge on any atom is 0.248 e. The molecule has 0 atom stereocenters. The molecule has 0 aliphatic heterocycles. The molecule has 0 aliphatic carbocycles. The van der Waals surface area contributed by atoms with E-state index in [1.807, 2.05) is 79.2 Å². The van der Waals surface area contributed by atoms with Crippen LogP contribution in [0.4, 0.5) is 5.69 Å². The molecule has 1 heterocycles. The number of hydrogen-bond donors (Lipinski definition) is 1. The normalized spacial score (nSPS) is 11.0. The molecule has 0 bridgehead atoms. The van der Waals surface area contributed by atoms with Crippen LogP contribution in [0, 0.1) is 13.8 Å². The van der Waals surface area contributed by atoms with Crippen molar-refractivity contribution in [3.63, 3.8) is 0 Å². The average Bonchev–Trinajstić information content (AvgIpc) is 3.15. The van der Waals surface area contributed by atoms with Crippen molar-refractivity contribution in [1.29, 1.82) is 0 Å². The van der Waals surface area contributed by atoms with Crippen molar-refractivity contribution in [2.45, 2.75) is 27.0 Å². The summed E-state index contributed by atoms with van der Waals surface area (Å²) < 4.78 is 14.3. The van der Waals surface area contributed by atoms with Crippen LogP contribution in [0.2, 0.25) is 0 Å². The molecular formula is C29H28BrN3O3. The van der Waals surface area contributed by atoms with Crippen LogP contribution in [0.25, 0.3) is 6.08 Å². The maximum absolute atomic E-state index is 12.7. The van der Waals surface area contributed by atoms with Crippen molar-refractivity contribution in [2.75, 3.05) is 12.4 Å². The van der Waals surface area contributed by atoms with Crippen LogP contribution in [-0.2, 0) is 17.9 Å². The highest BCUT2D eigenvalue weighted by Gasteiger charge is 2.13. The van der Waals surface area contributed by atoms with Gasteiger partial charge in [0.15, 0.2) is 0 Å². The van der Waals surface area contributed by atoms with Gasteiger partial charge >= 0.3 is 0 Å². The summed E-state index contributed by atoms with van der Waals surface area (Å²) in [6, 6.07) is 23.5. The zero-order chi connectivity index (χ0) is 25.5. The second-order valence-electron chi connectivity index (χ2n) is 8.33. The molecule has 3 aromatic carbocycles. The topological polar surface area (TPSA) is 65.4 Å². The number of amides is 1. The lowest BCUT2D eigenvalue weighted by molar-refractivity contribution is -0.111. The van der Waals surface area contributed by atoms with Gasteiger partial charge in [-0.15, -0.1) is 0 Å². The second-order valence-corrected chi connectivity index (χ2v) is 9.24. The number of halogens is 1. The summed E-state index contributed by atoms with van der Waals surface area (Å²) in [5.74, 6) is 1.27. The van der Waals surface area contributed by atoms with Gasteiger partial charge in [0.2, 0.25) is 5.91 Å². The lowest BCUT2D eigenvalue weighted by atomic mass is 10.1. The molecule has 0 fully saturated rings. The molecule has 0 spiro atoms. The first-order valence-corrected chi connectivity index (χ1v) is 12.3. The van der Waals surface area contributed by atoms with Crippen molar-refractivity contribution < 1.29 is 14.3 Å². The molecule has 1 aromatic heterocycles. The summed E-state index contributed by atoms with van der Waals surface area (Å²) in [6.07, 6.45) is 3.30. The quantitative estimate of drug-likeness (QED) is 0.242. The van der Waals surface area contributed by atoms with Gasteiger partial charge < -0.3 is 14.8 Å². The van der Waals surface area contributed by atoms with E-state index < -0.39 is 0 Å². The Morgan fingerprint density at radius 3 is 2.53 bits per heavy atom. The van der Waals surface area contributed by atoms with E-state index in [2.05, 4.69) is 38.5 Å². The van der Waals surface area contributed by atoms with Gasteiger partial charge in [-0.05, 0) is 67.4 Å². The van der Waals surface area contributed by atoms with Crippen molar-refractivity contribution in [3.8, 4) is 11.5 Å². The molecule has 6 nitrogen and oxygen atoms in total.